The van der Waals surface area contributed by atoms with Gasteiger partial charge in [-0.05, 0) is 45.0 Å². The van der Waals surface area contributed by atoms with E-state index in [-0.39, 0.29) is 5.41 Å². The first-order chi connectivity index (χ1) is 10.1. The van der Waals surface area contributed by atoms with Crippen molar-refractivity contribution in [2.24, 2.45) is 0 Å². The average molecular weight is 291 g/mol. The van der Waals surface area contributed by atoms with Gasteiger partial charge in [-0.15, -0.1) is 0 Å². The van der Waals surface area contributed by atoms with E-state index >= 15 is 0 Å². The molecule has 1 unspecified atom stereocenters. The molecule has 21 heavy (non-hydrogen) atoms. The van der Waals surface area contributed by atoms with Crippen molar-refractivity contribution in [1.29, 1.82) is 0 Å². The molecule has 4 nitrogen and oxygen atoms in total. The van der Waals surface area contributed by atoms with Crippen molar-refractivity contribution in [2.45, 2.75) is 37.6 Å². The number of likely N-dealkylation sites (tertiary alicyclic amines) is 1. The molecule has 1 fully saturated rings. The molecule has 2 aliphatic heterocycles. The monoisotopic (exact) mass is 291 g/mol. The highest BCUT2D eigenvalue weighted by Gasteiger charge is 2.43. The molecular formula is C17H25NO3. The van der Waals surface area contributed by atoms with E-state index in [2.05, 4.69) is 18.9 Å². The minimum atomic E-state index is -0.0154. The zero-order valence-electron chi connectivity index (χ0n) is 13.4. The third kappa shape index (κ3) is 2.35. The highest BCUT2D eigenvalue weighted by atomic mass is 16.5. The first kappa shape index (κ1) is 14.5. The van der Waals surface area contributed by atoms with Crippen LogP contribution in [-0.4, -0.2) is 45.4 Å². The van der Waals surface area contributed by atoms with Crippen molar-refractivity contribution < 1.29 is 14.2 Å². The third-order valence-electron chi connectivity index (χ3n) is 5.01. The Balaban J connectivity index is 1.97. The minimum absolute atomic E-state index is 0.0154. The van der Waals surface area contributed by atoms with E-state index in [4.69, 9.17) is 14.2 Å². The summed E-state index contributed by atoms with van der Waals surface area (Å²) in [5.41, 5.74) is 1.16. The Labute approximate surface area is 127 Å². The maximum Gasteiger partial charge on any atom is 0.168 e. The van der Waals surface area contributed by atoms with Gasteiger partial charge in [-0.2, -0.15) is 0 Å². The normalized spacial score (nSPS) is 28.3. The molecule has 0 saturated carbocycles. The van der Waals surface area contributed by atoms with E-state index in [1.165, 1.54) is 24.9 Å². The molecule has 0 aromatic heterocycles. The molecule has 1 aromatic carbocycles. The van der Waals surface area contributed by atoms with Gasteiger partial charge in [0, 0.05) is 17.0 Å². The van der Waals surface area contributed by atoms with Gasteiger partial charge < -0.3 is 19.1 Å². The van der Waals surface area contributed by atoms with E-state index in [1.807, 2.05) is 12.1 Å². The fourth-order valence-corrected chi connectivity index (χ4v) is 3.83. The van der Waals surface area contributed by atoms with E-state index < -0.39 is 0 Å². The zero-order chi connectivity index (χ0) is 15.0. The Morgan fingerprint density at radius 3 is 2.76 bits per heavy atom. The van der Waals surface area contributed by atoms with Crippen LogP contribution >= 0.6 is 0 Å². The number of methoxy groups -OCH3 is 2. The Kier molecular flexibility index (Phi) is 3.74. The summed E-state index contributed by atoms with van der Waals surface area (Å²) >= 11 is 0. The fraction of sp³-hybridized carbons (Fsp3) is 0.647. The van der Waals surface area contributed by atoms with Crippen LogP contribution in [0.15, 0.2) is 12.1 Å². The lowest BCUT2D eigenvalue weighted by Crippen LogP contribution is -2.35. The summed E-state index contributed by atoms with van der Waals surface area (Å²) in [6.45, 7) is 4.20. The van der Waals surface area contributed by atoms with Crippen LogP contribution in [0.3, 0.4) is 0 Å². The summed E-state index contributed by atoms with van der Waals surface area (Å²) in [4.78, 5) is 2.47. The number of benzene rings is 1. The first-order valence-electron chi connectivity index (χ1n) is 7.67. The standard InChI is InChI=1S/C17H25NO3/c1-17(10-12-6-5-9-18(12)2)11-21-13-7-8-14(19-3)16(20-4)15(13)17/h7-8,12H,5-6,9-11H2,1-4H3/t12-,17?/m1/s1. The van der Waals surface area contributed by atoms with Crippen LogP contribution in [0.2, 0.25) is 0 Å². The Hall–Kier alpha value is -1.42. The summed E-state index contributed by atoms with van der Waals surface area (Å²) in [6.07, 6.45) is 3.66. The van der Waals surface area contributed by atoms with Crippen LogP contribution in [0.1, 0.15) is 31.7 Å². The Bertz CT molecular complexity index is 531. The topological polar surface area (TPSA) is 30.9 Å². The van der Waals surface area contributed by atoms with Crippen LogP contribution in [0.5, 0.6) is 17.2 Å². The highest BCUT2D eigenvalue weighted by molar-refractivity contribution is 5.59. The smallest absolute Gasteiger partial charge is 0.168 e. The third-order valence-corrected chi connectivity index (χ3v) is 5.01. The van der Waals surface area contributed by atoms with E-state index in [0.29, 0.717) is 6.04 Å². The molecule has 3 rings (SSSR count). The lowest BCUT2D eigenvalue weighted by molar-refractivity contribution is 0.206. The predicted molar refractivity (Wildman–Crippen MR) is 82.7 cm³/mol. The molecule has 0 amide bonds. The van der Waals surface area contributed by atoms with E-state index in [1.54, 1.807) is 14.2 Å². The molecule has 1 saturated heterocycles. The second-order valence-electron chi connectivity index (χ2n) is 6.50. The van der Waals surface area contributed by atoms with Crippen LogP contribution in [0, 0.1) is 0 Å². The maximum absolute atomic E-state index is 5.95. The number of hydrogen-bond donors (Lipinski definition) is 0. The molecule has 0 N–H and O–H groups in total. The number of rotatable bonds is 4. The van der Waals surface area contributed by atoms with Crippen molar-refractivity contribution in [2.75, 3.05) is 34.4 Å². The van der Waals surface area contributed by atoms with Gasteiger partial charge in [-0.3, -0.25) is 0 Å². The minimum Gasteiger partial charge on any atom is -0.493 e. The van der Waals surface area contributed by atoms with Gasteiger partial charge in [0.05, 0.1) is 20.8 Å². The predicted octanol–water partition coefficient (Wildman–Crippen LogP) is 2.84. The molecule has 2 aliphatic rings. The van der Waals surface area contributed by atoms with Crippen molar-refractivity contribution in [3.8, 4) is 17.2 Å². The molecule has 0 aliphatic carbocycles. The molecule has 0 spiro atoms. The van der Waals surface area contributed by atoms with Crippen LogP contribution in [-0.2, 0) is 5.41 Å². The fourth-order valence-electron chi connectivity index (χ4n) is 3.83. The molecule has 0 radical (unpaired) electrons. The zero-order valence-corrected chi connectivity index (χ0v) is 13.4. The quantitative estimate of drug-likeness (QED) is 0.853. The van der Waals surface area contributed by atoms with Gasteiger partial charge >= 0.3 is 0 Å². The Morgan fingerprint density at radius 1 is 1.33 bits per heavy atom. The van der Waals surface area contributed by atoms with E-state index in [9.17, 15) is 0 Å². The SMILES string of the molecule is COc1ccc2c(c1OC)C(C)(C[C@H]1CCCN1C)CO2. The van der Waals surface area contributed by atoms with Gasteiger partial charge in [-0.25, -0.2) is 0 Å². The van der Waals surface area contributed by atoms with Gasteiger partial charge in [0.25, 0.3) is 0 Å². The summed E-state index contributed by atoms with van der Waals surface area (Å²) < 4.78 is 17.0. The molecule has 2 heterocycles. The van der Waals surface area contributed by atoms with Crippen molar-refractivity contribution in [3.05, 3.63) is 17.7 Å². The number of fused-ring (bicyclic) bond motifs is 1. The highest BCUT2D eigenvalue weighted by Crippen LogP contribution is 2.51. The lowest BCUT2D eigenvalue weighted by atomic mass is 9.78. The summed E-state index contributed by atoms with van der Waals surface area (Å²) in [5.74, 6) is 2.55. The summed E-state index contributed by atoms with van der Waals surface area (Å²) in [6, 6.07) is 4.55. The number of hydrogen-bond acceptors (Lipinski definition) is 4. The van der Waals surface area contributed by atoms with Crippen molar-refractivity contribution >= 4 is 0 Å². The second-order valence-corrected chi connectivity index (χ2v) is 6.50. The van der Waals surface area contributed by atoms with Gasteiger partial charge in [-0.1, -0.05) is 6.92 Å². The molecule has 0 bridgehead atoms. The first-order valence-corrected chi connectivity index (χ1v) is 7.67. The summed E-state index contributed by atoms with van der Waals surface area (Å²) in [7, 11) is 5.61. The van der Waals surface area contributed by atoms with Crippen molar-refractivity contribution in [3.63, 3.8) is 0 Å². The maximum atomic E-state index is 5.95. The Morgan fingerprint density at radius 2 is 2.14 bits per heavy atom. The lowest BCUT2D eigenvalue weighted by Gasteiger charge is -2.31. The molecule has 2 atom stereocenters. The number of ether oxygens (including phenoxy) is 3. The molecule has 116 valence electrons. The average Bonchev–Trinajstić information content (AvgIpc) is 3.03. The second kappa shape index (κ2) is 5.41. The molecule has 1 aromatic rings. The van der Waals surface area contributed by atoms with E-state index in [0.717, 1.165) is 30.3 Å². The molecular weight excluding hydrogens is 266 g/mol. The summed E-state index contributed by atoms with van der Waals surface area (Å²) in [5, 5.41) is 0. The van der Waals surface area contributed by atoms with Gasteiger partial charge in [0.1, 0.15) is 5.75 Å². The van der Waals surface area contributed by atoms with Crippen LogP contribution in [0.25, 0.3) is 0 Å². The number of nitrogens with zero attached hydrogens (tertiary/aromatic N) is 1. The van der Waals surface area contributed by atoms with Crippen molar-refractivity contribution in [1.82, 2.24) is 4.90 Å². The molecule has 4 heteroatoms. The van der Waals surface area contributed by atoms with Gasteiger partial charge in [0.15, 0.2) is 11.5 Å². The van der Waals surface area contributed by atoms with Crippen LogP contribution < -0.4 is 14.2 Å². The largest absolute Gasteiger partial charge is 0.493 e. The van der Waals surface area contributed by atoms with Gasteiger partial charge in [0.2, 0.25) is 0 Å². The van der Waals surface area contributed by atoms with Crippen LogP contribution in [0.4, 0.5) is 0 Å².